The summed E-state index contributed by atoms with van der Waals surface area (Å²) in [5.41, 5.74) is 0.955. The molecule has 1 saturated carbocycles. The lowest BCUT2D eigenvalue weighted by Crippen LogP contribution is -2.45. The zero-order valence-corrected chi connectivity index (χ0v) is 22.1. The first-order valence-electron chi connectivity index (χ1n) is 11.9. The van der Waals surface area contributed by atoms with Gasteiger partial charge in [-0.2, -0.15) is 0 Å². The van der Waals surface area contributed by atoms with Gasteiger partial charge in [-0.05, 0) is 77.8 Å². The minimum Gasteiger partial charge on any atom is -0.598 e. The van der Waals surface area contributed by atoms with Gasteiger partial charge in [0, 0.05) is 23.9 Å². The maximum absolute atomic E-state index is 14.0. The molecule has 0 amide bonds. The van der Waals surface area contributed by atoms with Gasteiger partial charge >= 0.3 is 5.97 Å². The SMILES string of the molecule is CCO[P@@](=O)(CCc1ccccc1OC1CCCCC1)[C@H](CCC(=O)O)N[S@@+]([O-])C(C)(C)C. The molecule has 7 nitrogen and oxygen atoms in total. The van der Waals surface area contributed by atoms with Crippen molar-refractivity contribution < 1.29 is 28.3 Å². The molecule has 2 rings (SSSR count). The van der Waals surface area contributed by atoms with Crippen LogP contribution < -0.4 is 9.46 Å². The average Bonchev–Trinajstić information content (AvgIpc) is 2.76. The van der Waals surface area contributed by atoms with Crippen molar-refractivity contribution >= 4 is 24.7 Å². The average molecular weight is 502 g/mol. The van der Waals surface area contributed by atoms with E-state index in [4.69, 9.17) is 9.26 Å². The zero-order chi connectivity index (χ0) is 24.5. The van der Waals surface area contributed by atoms with Crippen LogP contribution in [0.4, 0.5) is 0 Å². The molecule has 0 heterocycles. The highest BCUT2D eigenvalue weighted by atomic mass is 32.2. The lowest BCUT2D eigenvalue weighted by Gasteiger charge is -2.32. The zero-order valence-electron chi connectivity index (χ0n) is 20.4. The lowest BCUT2D eigenvalue weighted by atomic mass is 9.97. The number of carbonyl (C=O) groups is 1. The first kappa shape index (κ1) is 28.2. The summed E-state index contributed by atoms with van der Waals surface area (Å²) in [7, 11) is -3.36. The van der Waals surface area contributed by atoms with E-state index in [-0.39, 0.29) is 31.7 Å². The summed E-state index contributed by atoms with van der Waals surface area (Å²) in [6.45, 7) is 7.44. The first-order valence-corrected chi connectivity index (χ1v) is 15.0. The van der Waals surface area contributed by atoms with Crippen molar-refractivity contribution in [3.8, 4) is 5.75 Å². The molecule has 0 aromatic heterocycles. The Hall–Kier alpha value is -1.05. The van der Waals surface area contributed by atoms with Gasteiger partial charge < -0.3 is 18.9 Å². The van der Waals surface area contributed by atoms with Crippen molar-refractivity contribution in [2.45, 2.75) is 95.7 Å². The molecule has 2 N–H and O–H groups in total. The maximum Gasteiger partial charge on any atom is 0.303 e. The van der Waals surface area contributed by atoms with Crippen LogP contribution in [0.2, 0.25) is 0 Å². The van der Waals surface area contributed by atoms with Crippen LogP contribution in [0, 0.1) is 0 Å². The second-order valence-corrected chi connectivity index (χ2v) is 14.3. The monoisotopic (exact) mass is 501 g/mol. The molecule has 1 aromatic carbocycles. The second kappa shape index (κ2) is 13.1. The normalized spacial score (nSPS) is 18.9. The molecule has 0 aliphatic heterocycles. The molecule has 188 valence electrons. The van der Waals surface area contributed by atoms with Crippen LogP contribution in [0.25, 0.3) is 0 Å². The van der Waals surface area contributed by atoms with E-state index in [9.17, 15) is 19.0 Å². The van der Waals surface area contributed by atoms with Gasteiger partial charge in [-0.15, -0.1) is 4.72 Å². The molecule has 0 radical (unpaired) electrons. The van der Waals surface area contributed by atoms with Crippen LogP contribution in [0.15, 0.2) is 24.3 Å². The van der Waals surface area contributed by atoms with Crippen LogP contribution in [0.5, 0.6) is 5.75 Å². The number of ether oxygens (including phenoxy) is 1. The third-order valence-corrected chi connectivity index (χ3v) is 10.4. The number of carboxylic acid groups (broad SMARTS) is 1. The number of nitrogens with one attached hydrogen (secondary N) is 1. The highest BCUT2D eigenvalue weighted by molar-refractivity contribution is 7.91. The maximum atomic E-state index is 14.0. The highest BCUT2D eigenvalue weighted by Crippen LogP contribution is 2.53. The predicted octanol–water partition coefficient (Wildman–Crippen LogP) is 5.50. The number of rotatable bonds is 13. The molecule has 1 aliphatic rings. The standard InChI is InChI=1S/C24H40NO6PS/c1-5-30-32(28,22(15-16-23(26)27)25-33(29)24(2,3)4)18-17-19-11-9-10-14-21(19)31-20-12-7-6-8-13-20/h9-11,14,20,22,25H,5-8,12-13,15-18H2,1-4H3,(H,26,27)/t22-,32+,33+/m1/s1. The number of hydrogen-bond acceptors (Lipinski definition) is 6. The molecule has 0 spiro atoms. The first-order chi connectivity index (χ1) is 15.5. The van der Waals surface area contributed by atoms with E-state index in [0.29, 0.717) is 6.42 Å². The van der Waals surface area contributed by atoms with Crippen LogP contribution in [-0.4, -0.2) is 45.0 Å². The Kier molecular flexibility index (Phi) is 11.2. The second-order valence-electron chi connectivity index (χ2n) is 9.55. The number of aryl methyl sites for hydroxylation is 1. The fourth-order valence-corrected chi connectivity index (χ4v) is 7.67. The van der Waals surface area contributed by atoms with E-state index in [1.165, 1.54) is 19.3 Å². The van der Waals surface area contributed by atoms with Gasteiger partial charge in [0.25, 0.3) is 0 Å². The summed E-state index contributed by atoms with van der Waals surface area (Å²) in [4.78, 5) is 11.2. The summed E-state index contributed by atoms with van der Waals surface area (Å²) < 4.78 is 41.2. The molecule has 0 bridgehead atoms. The number of benzene rings is 1. The van der Waals surface area contributed by atoms with E-state index in [2.05, 4.69) is 4.72 Å². The van der Waals surface area contributed by atoms with Gasteiger partial charge in [0.1, 0.15) is 16.3 Å². The topological polar surface area (TPSA) is 108 Å². The largest absolute Gasteiger partial charge is 0.598 e. The minimum atomic E-state index is -3.36. The van der Waals surface area contributed by atoms with Gasteiger partial charge in [0.05, 0.1) is 12.7 Å². The Morgan fingerprint density at radius 3 is 2.55 bits per heavy atom. The van der Waals surface area contributed by atoms with E-state index in [1.54, 1.807) is 6.92 Å². The minimum absolute atomic E-state index is 0.0780. The summed E-state index contributed by atoms with van der Waals surface area (Å²) in [5, 5.41) is 9.20. The van der Waals surface area contributed by atoms with Crippen LogP contribution in [0.3, 0.4) is 0 Å². The van der Waals surface area contributed by atoms with Crippen molar-refractivity contribution in [2.24, 2.45) is 0 Å². The molecule has 9 heteroatoms. The van der Waals surface area contributed by atoms with Crippen molar-refractivity contribution in [1.82, 2.24) is 4.72 Å². The molecule has 1 fully saturated rings. The lowest BCUT2D eigenvalue weighted by molar-refractivity contribution is -0.137. The summed E-state index contributed by atoms with van der Waals surface area (Å²) in [6, 6.07) is 7.79. The Morgan fingerprint density at radius 2 is 1.94 bits per heavy atom. The Balaban J connectivity index is 2.19. The smallest absolute Gasteiger partial charge is 0.303 e. The summed E-state index contributed by atoms with van der Waals surface area (Å²) >= 11 is -1.51. The summed E-state index contributed by atoms with van der Waals surface area (Å²) in [6.07, 6.45) is 6.47. The quantitative estimate of drug-likeness (QED) is 0.271. The number of carboxylic acids is 1. The van der Waals surface area contributed by atoms with Crippen molar-refractivity contribution in [1.29, 1.82) is 0 Å². The fourth-order valence-electron chi connectivity index (χ4n) is 3.89. The number of para-hydroxylation sites is 1. The molecule has 1 aromatic rings. The molecular weight excluding hydrogens is 461 g/mol. The van der Waals surface area contributed by atoms with E-state index < -0.39 is 35.2 Å². The number of hydrogen-bond donors (Lipinski definition) is 2. The third kappa shape index (κ3) is 9.25. The third-order valence-electron chi connectivity index (χ3n) is 5.76. The highest BCUT2D eigenvalue weighted by Gasteiger charge is 2.40. The van der Waals surface area contributed by atoms with Gasteiger partial charge in [-0.3, -0.25) is 9.36 Å². The Morgan fingerprint density at radius 1 is 1.27 bits per heavy atom. The molecular formula is C24H40NO6PS. The van der Waals surface area contributed by atoms with Crippen molar-refractivity contribution in [3.05, 3.63) is 29.8 Å². The van der Waals surface area contributed by atoms with Crippen molar-refractivity contribution in [3.63, 3.8) is 0 Å². The molecule has 3 atom stereocenters. The fraction of sp³-hybridized carbons (Fsp3) is 0.708. The molecule has 1 aliphatic carbocycles. The van der Waals surface area contributed by atoms with Gasteiger partial charge in [0.2, 0.25) is 7.37 Å². The van der Waals surface area contributed by atoms with E-state index in [1.807, 2.05) is 45.0 Å². The van der Waals surface area contributed by atoms with Crippen LogP contribution in [-0.2, 0) is 31.7 Å². The van der Waals surface area contributed by atoms with Crippen molar-refractivity contribution in [2.75, 3.05) is 12.8 Å². The molecule has 33 heavy (non-hydrogen) atoms. The van der Waals surface area contributed by atoms with Gasteiger partial charge in [-0.1, -0.05) is 24.6 Å². The van der Waals surface area contributed by atoms with Crippen LogP contribution >= 0.6 is 7.37 Å². The van der Waals surface area contributed by atoms with Gasteiger partial charge in [-0.25, -0.2) is 0 Å². The van der Waals surface area contributed by atoms with E-state index >= 15 is 0 Å². The number of aliphatic carboxylic acids is 1. The predicted molar refractivity (Wildman–Crippen MR) is 133 cm³/mol. The summed E-state index contributed by atoms with van der Waals surface area (Å²) in [5.74, 6) is -0.988. The molecule has 0 unspecified atom stereocenters. The van der Waals surface area contributed by atoms with Gasteiger partial charge in [0.15, 0.2) is 0 Å². The Bertz CT molecular complexity index is 793. The van der Waals surface area contributed by atoms with Crippen LogP contribution in [0.1, 0.15) is 78.2 Å². The van der Waals surface area contributed by atoms with E-state index in [0.717, 1.165) is 24.2 Å². The molecule has 0 saturated heterocycles. The Labute approximate surface area is 201 Å².